The molecule has 28 heavy (non-hydrogen) atoms. The highest BCUT2D eigenvalue weighted by atomic mass is 32.2. The number of aliphatic hydroxyl groups is 1. The molecule has 0 heterocycles. The molecule has 3 bridgehead atoms. The number of fused-ring (bicyclic) bond motifs is 2. The van der Waals surface area contributed by atoms with Crippen molar-refractivity contribution in [3.05, 3.63) is 29.8 Å². The first-order valence-electron chi connectivity index (χ1n) is 10.0. The summed E-state index contributed by atoms with van der Waals surface area (Å²) in [6.07, 6.45) is 7.02. The zero-order chi connectivity index (χ0) is 20.1. The predicted octanol–water partition coefficient (Wildman–Crippen LogP) is 2.47. The van der Waals surface area contributed by atoms with Gasteiger partial charge in [-0.15, -0.1) is 0 Å². The highest BCUT2D eigenvalue weighted by Crippen LogP contribution is 2.56. The second kappa shape index (κ2) is 7.02. The Morgan fingerprint density at radius 2 is 1.93 bits per heavy atom. The van der Waals surface area contributed by atoms with Crippen molar-refractivity contribution in [2.45, 2.75) is 50.2 Å². The van der Waals surface area contributed by atoms with E-state index in [1.807, 2.05) is 11.9 Å². The van der Waals surface area contributed by atoms with Crippen LogP contribution in [-0.2, 0) is 9.84 Å². The van der Waals surface area contributed by atoms with E-state index in [2.05, 4.69) is 0 Å². The van der Waals surface area contributed by atoms with Crippen LogP contribution in [0.2, 0.25) is 0 Å². The maximum absolute atomic E-state index is 13.1. The Kier molecular flexibility index (Phi) is 4.94. The number of carbonyl (C=O) groups excluding carboxylic acids is 1. The van der Waals surface area contributed by atoms with Crippen molar-refractivity contribution in [2.24, 2.45) is 17.8 Å². The molecule has 4 rings (SSSR count). The number of hydrogen-bond donors (Lipinski definition) is 1. The summed E-state index contributed by atoms with van der Waals surface area (Å²) in [4.78, 5) is 14.9. The molecular weight excluding hydrogens is 378 g/mol. The highest BCUT2D eigenvalue weighted by Gasteiger charge is 2.54. The molecule has 5 unspecified atom stereocenters. The molecule has 3 saturated carbocycles. The molecule has 0 aromatic heterocycles. The minimum absolute atomic E-state index is 0.0344. The third-order valence-electron chi connectivity index (χ3n) is 6.89. The summed E-state index contributed by atoms with van der Waals surface area (Å²) in [6.45, 7) is 0. The van der Waals surface area contributed by atoms with Gasteiger partial charge in [0, 0.05) is 24.9 Å². The Morgan fingerprint density at radius 3 is 2.61 bits per heavy atom. The van der Waals surface area contributed by atoms with E-state index >= 15 is 0 Å². The minimum atomic E-state index is -3.21. The molecule has 1 aromatic rings. The van der Waals surface area contributed by atoms with Gasteiger partial charge in [-0.25, -0.2) is 8.42 Å². The quantitative estimate of drug-likeness (QED) is 0.811. The van der Waals surface area contributed by atoms with Crippen LogP contribution in [-0.4, -0.2) is 55.2 Å². The van der Waals surface area contributed by atoms with E-state index in [1.54, 1.807) is 24.3 Å². The number of rotatable bonds is 5. The van der Waals surface area contributed by atoms with E-state index in [9.17, 15) is 18.3 Å². The van der Waals surface area contributed by atoms with Crippen molar-refractivity contribution in [2.75, 3.05) is 19.2 Å². The van der Waals surface area contributed by atoms with Gasteiger partial charge < -0.3 is 14.7 Å². The predicted molar refractivity (Wildman–Crippen MR) is 106 cm³/mol. The van der Waals surface area contributed by atoms with Gasteiger partial charge in [-0.05, 0) is 80.5 Å². The third-order valence-corrected chi connectivity index (χ3v) is 7.44. The molecule has 3 aliphatic rings. The van der Waals surface area contributed by atoms with Crippen LogP contribution in [0.5, 0.6) is 5.75 Å². The van der Waals surface area contributed by atoms with E-state index in [0.717, 1.165) is 38.4 Å². The van der Waals surface area contributed by atoms with E-state index in [-0.39, 0.29) is 17.9 Å². The summed E-state index contributed by atoms with van der Waals surface area (Å²) in [7, 11) is -1.34. The highest BCUT2D eigenvalue weighted by molar-refractivity contribution is 7.90. The molecule has 5 atom stereocenters. The van der Waals surface area contributed by atoms with Crippen LogP contribution in [0.1, 0.15) is 48.9 Å². The minimum Gasteiger partial charge on any atom is -0.478 e. The van der Waals surface area contributed by atoms with Crippen LogP contribution >= 0.6 is 0 Å². The number of benzene rings is 1. The fraction of sp³-hybridized carbons (Fsp3) is 0.667. The molecule has 0 radical (unpaired) electrons. The Bertz CT molecular complexity index is 852. The van der Waals surface area contributed by atoms with Gasteiger partial charge in [-0.1, -0.05) is 0 Å². The third kappa shape index (κ3) is 3.92. The summed E-state index contributed by atoms with van der Waals surface area (Å²) in [5.41, 5.74) is 0.0521. The van der Waals surface area contributed by atoms with Crippen LogP contribution in [0.15, 0.2) is 24.3 Å². The van der Waals surface area contributed by atoms with Gasteiger partial charge in [0.05, 0.1) is 5.60 Å². The maximum atomic E-state index is 13.1. The molecule has 7 heteroatoms. The topological polar surface area (TPSA) is 83.9 Å². The fourth-order valence-corrected chi connectivity index (χ4v) is 6.15. The first kappa shape index (κ1) is 19.7. The SMILES string of the molecule is CN(C(=O)c1ccc(OCS(C)(=O)=O)cc1)C1CCC2CC3CC(O)(C2)CC31. The van der Waals surface area contributed by atoms with Gasteiger partial charge >= 0.3 is 0 Å². The van der Waals surface area contributed by atoms with Crippen molar-refractivity contribution >= 4 is 15.7 Å². The molecule has 3 aliphatic carbocycles. The van der Waals surface area contributed by atoms with Crippen molar-refractivity contribution in [3.63, 3.8) is 0 Å². The molecular formula is C21H29NO5S. The Labute approximate surface area is 166 Å². The van der Waals surface area contributed by atoms with Gasteiger partial charge in [0.15, 0.2) is 15.8 Å². The molecule has 1 aromatic carbocycles. The number of sulfone groups is 1. The van der Waals surface area contributed by atoms with E-state index in [4.69, 9.17) is 4.74 Å². The fourth-order valence-electron chi connectivity index (χ4n) is 5.80. The van der Waals surface area contributed by atoms with E-state index in [1.165, 1.54) is 6.42 Å². The molecule has 3 fully saturated rings. The van der Waals surface area contributed by atoms with Gasteiger partial charge in [-0.3, -0.25) is 4.79 Å². The average Bonchev–Trinajstić information content (AvgIpc) is 2.79. The molecule has 6 nitrogen and oxygen atoms in total. The Morgan fingerprint density at radius 1 is 1.21 bits per heavy atom. The van der Waals surface area contributed by atoms with Crippen molar-refractivity contribution in [1.29, 1.82) is 0 Å². The lowest BCUT2D eigenvalue weighted by atomic mass is 9.77. The second-order valence-corrected chi connectivity index (χ2v) is 11.2. The lowest BCUT2D eigenvalue weighted by Crippen LogP contribution is -2.43. The Hall–Kier alpha value is -1.60. The first-order chi connectivity index (χ1) is 13.1. The largest absolute Gasteiger partial charge is 0.478 e. The molecule has 1 N–H and O–H groups in total. The van der Waals surface area contributed by atoms with Crippen LogP contribution in [0.4, 0.5) is 0 Å². The van der Waals surface area contributed by atoms with Gasteiger partial charge in [0.2, 0.25) is 0 Å². The first-order valence-corrected chi connectivity index (χ1v) is 12.1. The maximum Gasteiger partial charge on any atom is 0.253 e. The molecule has 154 valence electrons. The number of carbonyl (C=O) groups is 1. The average molecular weight is 408 g/mol. The summed E-state index contributed by atoms with van der Waals surface area (Å²) in [5.74, 6) is 1.51. The van der Waals surface area contributed by atoms with Crippen LogP contribution in [0.3, 0.4) is 0 Å². The molecule has 0 spiro atoms. The summed E-state index contributed by atoms with van der Waals surface area (Å²) in [5, 5.41) is 10.9. The van der Waals surface area contributed by atoms with Crippen molar-refractivity contribution in [3.8, 4) is 5.75 Å². The van der Waals surface area contributed by atoms with Gasteiger partial charge in [0.25, 0.3) is 5.91 Å². The van der Waals surface area contributed by atoms with Crippen LogP contribution < -0.4 is 4.74 Å². The zero-order valence-corrected chi connectivity index (χ0v) is 17.3. The smallest absolute Gasteiger partial charge is 0.253 e. The van der Waals surface area contributed by atoms with Gasteiger partial charge in [-0.2, -0.15) is 0 Å². The summed E-state index contributed by atoms with van der Waals surface area (Å²) < 4.78 is 27.7. The van der Waals surface area contributed by atoms with Crippen molar-refractivity contribution in [1.82, 2.24) is 4.90 Å². The van der Waals surface area contributed by atoms with Gasteiger partial charge in [0.1, 0.15) is 5.75 Å². The monoisotopic (exact) mass is 407 g/mol. The van der Waals surface area contributed by atoms with Crippen molar-refractivity contribution < 1.29 is 23.1 Å². The molecule has 0 aliphatic heterocycles. The normalized spacial score (nSPS) is 34.1. The molecule has 0 saturated heterocycles. The van der Waals surface area contributed by atoms with E-state index < -0.39 is 15.4 Å². The number of amides is 1. The molecule has 1 amide bonds. The lowest BCUT2D eigenvalue weighted by molar-refractivity contribution is -0.00803. The Balaban J connectivity index is 1.46. The van der Waals surface area contributed by atoms with E-state index in [0.29, 0.717) is 29.1 Å². The lowest BCUT2D eigenvalue weighted by Gasteiger charge is -2.36. The summed E-state index contributed by atoms with van der Waals surface area (Å²) in [6, 6.07) is 6.80. The van der Waals surface area contributed by atoms with Crippen LogP contribution in [0.25, 0.3) is 0 Å². The second-order valence-electron chi connectivity index (χ2n) is 9.14. The summed E-state index contributed by atoms with van der Waals surface area (Å²) >= 11 is 0. The number of nitrogens with zero attached hydrogens (tertiary/aromatic N) is 1. The number of hydrogen-bond acceptors (Lipinski definition) is 5. The van der Waals surface area contributed by atoms with Crippen LogP contribution in [0, 0.1) is 17.8 Å². The standard InChI is InChI=1S/C21H29NO5S/c1-22(19-8-3-14-9-16-11-21(24,10-14)12-18(16)19)20(23)15-4-6-17(7-5-15)27-13-28(2,25)26/h4-7,14,16,18-19,24H,3,8-13H2,1-2H3. The zero-order valence-electron chi connectivity index (χ0n) is 16.5. The number of ether oxygens (including phenoxy) is 1.